The number of hydrogen-bond donors (Lipinski definition) is 1. The highest BCUT2D eigenvalue weighted by Crippen LogP contribution is 2.29. The Bertz CT molecular complexity index is 588. The van der Waals surface area contributed by atoms with Crippen molar-refractivity contribution in [3.05, 3.63) is 62.1 Å². The maximum absolute atomic E-state index is 6.16. The first-order chi connectivity index (χ1) is 8.95. The van der Waals surface area contributed by atoms with E-state index in [1.807, 2.05) is 19.1 Å². The first-order valence-electron chi connectivity index (χ1n) is 6.22. The van der Waals surface area contributed by atoms with Crippen molar-refractivity contribution in [3.8, 4) is 0 Å². The van der Waals surface area contributed by atoms with Gasteiger partial charge in [0.05, 0.1) is 5.69 Å². The highest BCUT2D eigenvalue weighted by molar-refractivity contribution is 9.10. The van der Waals surface area contributed by atoms with Gasteiger partial charge in [-0.15, -0.1) is 0 Å². The van der Waals surface area contributed by atoms with Gasteiger partial charge in [0.2, 0.25) is 0 Å². The van der Waals surface area contributed by atoms with Crippen molar-refractivity contribution in [2.24, 2.45) is 0 Å². The van der Waals surface area contributed by atoms with Crippen LogP contribution in [0.3, 0.4) is 0 Å². The quantitative estimate of drug-likeness (QED) is 0.763. The van der Waals surface area contributed by atoms with Crippen LogP contribution in [0.5, 0.6) is 0 Å². The topological polar surface area (TPSA) is 12.0 Å². The lowest BCUT2D eigenvalue weighted by atomic mass is 10.1. The van der Waals surface area contributed by atoms with E-state index in [9.17, 15) is 0 Å². The lowest BCUT2D eigenvalue weighted by Gasteiger charge is -2.11. The first-order valence-corrected chi connectivity index (χ1v) is 7.39. The van der Waals surface area contributed by atoms with E-state index in [4.69, 9.17) is 11.6 Å². The van der Waals surface area contributed by atoms with Crippen molar-refractivity contribution in [2.75, 3.05) is 5.32 Å². The van der Waals surface area contributed by atoms with Crippen LogP contribution < -0.4 is 5.32 Å². The first kappa shape index (κ1) is 14.4. The second kappa shape index (κ2) is 5.98. The van der Waals surface area contributed by atoms with Gasteiger partial charge in [0.25, 0.3) is 0 Å². The van der Waals surface area contributed by atoms with Crippen LogP contribution in [-0.4, -0.2) is 0 Å². The summed E-state index contributed by atoms with van der Waals surface area (Å²) in [5.41, 5.74) is 5.96. The van der Waals surface area contributed by atoms with Crippen molar-refractivity contribution in [2.45, 2.75) is 27.3 Å². The molecule has 0 spiro atoms. The normalized spacial score (nSPS) is 10.6. The number of nitrogens with one attached hydrogen (secondary N) is 1. The molecule has 3 heteroatoms. The van der Waals surface area contributed by atoms with Crippen LogP contribution >= 0.6 is 27.5 Å². The molecule has 0 aliphatic carbocycles. The molecule has 1 nitrogen and oxygen atoms in total. The SMILES string of the molecule is Cc1cc(C)cc(CNc2cc(Cl)c(C)cc2Br)c1. The summed E-state index contributed by atoms with van der Waals surface area (Å²) in [6.07, 6.45) is 0. The molecule has 0 radical (unpaired) electrons. The maximum Gasteiger partial charge on any atom is 0.0502 e. The maximum atomic E-state index is 6.16. The summed E-state index contributed by atoms with van der Waals surface area (Å²) < 4.78 is 1.04. The Balaban J connectivity index is 2.16. The molecule has 19 heavy (non-hydrogen) atoms. The van der Waals surface area contributed by atoms with E-state index in [0.717, 1.165) is 27.3 Å². The van der Waals surface area contributed by atoms with Crippen molar-refractivity contribution in [3.63, 3.8) is 0 Å². The zero-order valence-corrected chi connectivity index (χ0v) is 13.7. The molecule has 0 aliphatic heterocycles. The average Bonchev–Trinajstić information content (AvgIpc) is 2.31. The molecule has 100 valence electrons. The fourth-order valence-electron chi connectivity index (χ4n) is 2.15. The highest BCUT2D eigenvalue weighted by atomic mass is 79.9. The predicted molar refractivity (Wildman–Crippen MR) is 87.1 cm³/mol. The van der Waals surface area contributed by atoms with E-state index in [-0.39, 0.29) is 0 Å². The molecule has 0 saturated carbocycles. The van der Waals surface area contributed by atoms with Crippen LogP contribution in [0.1, 0.15) is 22.3 Å². The van der Waals surface area contributed by atoms with E-state index in [1.165, 1.54) is 16.7 Å². The molecule has 2 rings (SSSR count). The summed E-state index contributed by atoms with van der Waals surface area (Å²) in [7, 11) is 0. The summed E-state index contributed by atoms with van der Waals surface area (Å²) in [5, 5.41) is 4.20. The Morgan fingerprint density at radius 3 is 2.26 bits per heavy atom. The average molecular weight is 339 g/mol. The minimum atomic E-state index is 0.783. The molecule has 0 atom stereocenters. The number of rotatable bonds is 3. The number of benzene rings is 2. The lowest BCUT2D eigenvalue weighted by Crippen LogP contribution is -2.01. The summed E-state index contributed by atoms with van der Waals surface area (Å²) in [6, 6.07) is 10.6. The van der Waals surface area contributed by atoms with E-state index in [1.54, 1.807) is 0 Å². The third-order valence-electron chi connectivity index (χ3n) is 3.01. The molecular formula is C16H17BrClN. The second-order valence-electron chi connectivity index (χ2n) is 4.93. The van der Waals surface area contributed by atoms with E-state index < -0.39 is 0 Å². The largest absolute Gasteiger partial charge is 0.380 e. The van der Waals surface area contributed by atoms with Crippen LogP contribution in [0.4, 0.5) is 5.69 Å². The van der Waals surface area contributed by atoms with Crippen LogP contribution in [0, 0.1) is 20.8 Å². The van der Waals surface area contributed by atoms with Crippen molar-refractivity contribution in [1.82, 2.24) is 0 Å². The Labute approximate surface area is 128 Å². The predicted octanol–water partition coefficient (Wildman–Crippen LogP) is 5.64. The summed E-state index contributed by atoms with van der Waals surface area (Å²) >= 11 is 9.72. The van der Waals surface area contributed by atoms with Gasteiger partial charge < -0.3 is 5.32 Å². The standard InChI is InChI=1S/C16H17BrClN/c1-10-4-11(2)6-13(5-10)9-19-16-8-15(18)12(3)7-14(16)17/h4-8,19H,9H2,1-3H3. The van der Waals surface area contributed by atoms with Gasteiger partial charge >= 0.3 is 0 Å². The van der Waals surface area contributed by atoms with Gasteiger partial charge in [-0.05, 0) is 60.0 Å². The Morgan fingerprint density at radius 2 is 1.63 bits per heavy atom. The molecule has 0 bridgehead atoms. The van der Waals surface area contributed by atoms with Crippen molar-refractivity contribution in [1.29, 1.82) is 0 Å². The number of anilines is 1. The molecule has 0 unspecified atom stereocenters. The molecule has 0 amide bonds. The van der Waals surface area contributed by atoms with Gasteiger partial charge in [0.15, 0.2) is 0 Å². The minimum Gasteiger partial charge on any atom is -0.380 e. The Kier molecular flexibility index (Phi) is 4.54. The van der Waals surface area contributed by atoms with Gasteiger partial charge in [0, 0.05) is 16.0 Å². The van der Waals surface area contributed by atoms with Crippen LogP contribution in [0.15, 0.2) is 34.8 Å². The Morgan fingerprint density at radius 1 is 1.00 bits per heavy atom. The molecule has 1 N–H and O–H groups in total. The number of hydrogen-bond acceptors (Lipinski definition) is 1. The van der Waals surface area contributed by atoms with Crippen molar-refractivity contribution < 1.29 is 0 Å². The fourth-order valence-corrected chi connectivity index (χ4v) is 2.91. The molecule has 0 aliphatic rings. The molecular weight excluding hydrogens is 322 g/mol. The van der Waals surface area contributed by atoms with Gasteiger partial charge in [-0.25, -0.2) is 0 Å². The fraction of sp³-hybridized carbons (Fsp3) is 0.250. The van der Waals surface area contributed by atoms with Gasteiger partial charge in [-0.1, -0.05) is 40.9 Å². The van der Waals surface area contributed by atoms with E-state index >= 15 is 0 Å². The monoisotopic (exact) mass is 337 g/mol. The lowest BCUT2D eigenvalue weighted by molar-refractivity contribution is 1.13. The number of aryl methyl sites for hydroxylation is 3. The third-order valence-corrected chi connectivity index (χ3v) is 4.08. The van der Waals surface area contributed by atoms with Gasteiger partial charge in [-0.2, -0.15) is 0 Å². The second-order valence-corrected chi connectivity index (χ2v) is 6.19. The van der Waals surface area contributed by atoms with E-state index in [0.29, 0.717) is 0 Å². The minimum absolute atomic E-state index is 0.783. The number of halogens is 2. The summed E-state index contributed by atoms with van der Waals surface area (Å²) in [5.74, 6) is 0. The molecule has 0 saturated heterocycles. The van der Waals surface area contributed by atoms with Gasteiger partial charge in [-0.3, -0.25) is 0 Å². The smallest absolute Gasteiger partial charge is 0.0502 e. The van der Waals surface area contributed by atoms with Gasteiger partial charge in [0.1, 0.15) is 0 Å². The Hall–Kier alpha value is -0.990. The molecule has 0 heterocycles. The molecule has 2 aromatic rings. The van der Waals surface area contributed by atoms with Crippen LogP contribution in [0.2, 0.25) is 5.02 Å². The zero-order chi connectivity index (χ0) is 14.0. The summed E-state index contributed by atoms with van der Waals surface area (Å²) in [6.45, 7) is 7.03. The van der Waals surface area contributed by atoms with Crippen LogP contribution in [0.25, 0.3) is 0 Å². The van der Waals surface area contributed by atoms with E-state index in [2.05, 4.69) is 53.3 Å². The van der Waals surface area contributed by atoms with Crippen molar-refractivity contribution >= 4 is 33.2 Å². The zero-order valence-electron chi connectivity index (χ0n) is 11.3. The molecule has 2 aromatic carbocycles. The molecule has 0 aromatic heterocycles. The molecule has 0 fully saturated rings. The third kappa shape index (κ3) is 3.74. The highest BCUT2D eigenvalue weighted by Gasteiger charge is 2.04. The van der Waals surface area contributed by atoms with Crippen LogP contribution in [-0.2, 0) is 6.54 Å². The summed E-state index contributed by atoms with van der Waals surface area (Å²) in [4.78, 5) is 0.